The van der Waals surface area contributed by atoms with E-state index in [1.54, 1.807) is 16.9 Å². The van der Waals surface area contributed by atoms with Crippen molar-refractivity contribution in [2.75, 3.05) is 5.32 Å². The molecule has 0 spiro atoms. The lowest BCUT2D eigenvalue weighted by atomic mass is 10.3. The van der Waals surface area contributed by atoms with Crippen LogP contribution in [-0.2, 0) is 6.54 Å². The van der Waals surface area contributed by atoms with E-state index >= 15 is 0 Å². The number of rotatable bonds is 4. The molecule has 0 aliphatic heterocycles. The fourth-order valence-corrected chi connectivity index (χ4v) is 1.86. The largest absolute Gasteiger partial charge is 0.336 e. The molecule has 0 aliphatic carbocycles. The van der Waals surface area contributed by atoms with E-state index in [0.717, 1.165) is 0 Å². The first-order chi connectivity index (χ1) is 8.19. The highest BCUT2D eigenvalue weighted by atomic mass is 35.5. The van der Waals surface area contributed by atoms with Gasteiger partial charge in [0.05, 0.1) is 27.8 Å². The summed E-state index contributed by atoms with van der Waals surface area (Å²) in [6.07, 6.45) is 3.37. The Morgan fingerprint density at radius 2 is 2.29 bits per heavy atom. The highest BCUT2D eigenvalue weighted by Gasteiger charge is 2.05. The predicted octanol–water partition coefficient (Wildman–Crippen LogP) is 3.00. The van der Waals surface area contributed by atoms with Crippen LogP contribution in [0, 0.1) is 0 Å². The zero-order valence-corrected chi connectivity index (χ0v) is 10.9. The van der Waals surface area contributed by atoms with Gasteiger partial charge in [-0.1, -0.05) is 35.4 Å². The van der Waals surface area contributed by atoms with Crippen molar-refractivity contribution < 1.29 is 0 Å². The van der Waals surface area contributed by atoms with E-state index in [9.17, 15) is 0 Å². The van der Waals surface area contributed by atoms with Gasteiger partial charge in [-0.3, -0.25) is 9.67 Å². The lowest BCUT2D eigenvalue weighted by Crippen LogP contribution is -2.04. The summed E-state index contributed by atoms with van der Waals surface area (Å²) in [4.78, 5) is 4.15. The Morgan fingerprint density at radius 3 is 3.00 bits per heavy atom. The van der Waals surface area contributed by atoms with Crippen LogP contribution in [0.15, 0.2) is 24.5 Å². The number of nitrogens with zero attached hydrogens (tertiary/aromatic N) is 3. The van der Waals surface area contributed by atoms with Gasteiger partial charge < -0.3 is 5.32 Å². The molecular weight excluding hydrogens is 279 g/mol. The summed E-state index contributed by atoms with van der Waals surface area (Å²) in [5.74, 6) is 0.685. The molecule has 17 heavy (non-hydrogen) atoms. The first-order valence-corrected chi connectivity index (χ1v) is 5.95. The lowest BCUT2D eigenvalue weighted by Gasteiger charge is -2.03. The maximum absolute atomic E-state index is 6.02. The summed E-state index contributed by atoms with van der Waals surface area (Å²) in [6, 6.07) is 3.47. The molecule has 0 atom stereocenters. The summed E-state index contributed by atoms with van der Waals surface area (Å²) in [6.45, 7) is 0.481. The van der Waals surface area contributed by atoms with Gasteiger partial charge in [-0.2, -0.15) is 5.10 Å². The van der Waals surface area contributed by atoms with Crippen LogP contribution in [0.3, 0.4) is 0 Å². The predicted molar refractivity (Wildman–Crippen MR) is 72.9 cm³/mol. The van der Waals surface area contributed by atoms with E-state index in [1.807, 2.05) is 12.3 Å². The average Bonchev–Trinajstić information content (AvgIpc) is 2.71. The van der Waals surface area contributed by atoms with E-state index in [0.29, 0.717) is 28.1 Å². The summed E-state index contributed by atoms with van der Waals surface area (Å²) in [5, 5.41) is 8.10. The summed E-state index contributed by atoms with van der Waals surface area (Å²) in [7, 11) is 0. The van der Waals surface area contributed by atoms with Crippen LogP contribution in [0.1, 0.15) is 5.69 Å². The third-order valence-electron chi connectivity index (χ3n) is 2.04. The number of aromatic nitrogens is 3. The van der Waals surface area contributed by atoms with Crippen molar-refractivity contribution in [1.82, 2.24) is 14.8 Å². The zero-order valence-electron chi connectivity index (χ0n) is 8.60. The van der Waals surface area contributed by atoms with Gasteiger partial charge in [0.1, 0.15) is 0 Å². The number of thiocarbonyl (C=S) groups is 1. The number of halogens is 2. The Bertz CT molecular complexity index is 541. The first kappa shape index (κ1) is 12.3. The molecule has 1 N–H and O–H groups in total. The van der Waals surface area contributed by atoms with Crippen molar-refractivity contribution in [3.63, 3.8) is 0 Å². The fraction of sp³-hybridized carbons (Fsp3) is 0.100. The molecule has 0 aliphatic rings. The Hall–Kier alpha value is -1.17. The highest BCUT2D eigenvalue weighted by molar-refractivity contribution is 7.79. The maximum atomic E-state index is 6.02. The lowest BCUT2D eigenvalue weighted by molar-refractivity contribution is 0.676. The van der Waals surface area contributed by atoms with Crippen molar-refractivity contribution in [2.45, 2.75) is 6.54 Å². The number of hydrogen-bond acceptors (Lipinski definition) is 3. The number of pyridine rings is 1. The van der Waals surface area contributed by atoms with E-state index in [4.69, 9.17) is 23.2 Å². The first-order valence-electron chi connectivity index (χ1n) is 4.72. The SMILES string of the molecule is S=CNc1ccn(Cc2ncc(Cl)cc2Cl)n1. The quantitative estimate of drug-likeness (QED) is 0.878. The summed E-state index contributed by atoms with van der Waals surface area (Å²) >= 11 is 16.5. The minimum absolute atomic E-state index is 0.481. The van der Waals surface area contributed by atoms with Crippen LogP contribution < -0.4 is 5.32 Å². The third kappa shape index (κ3) is 3.15. The van der Waals surface area contributed by atoms with Gasteiger partial charge >= 0.3 is 0 Å². The van der Waals surface area contributed by atoms with Crippen molar-refractivity contribution >= 4 is 46.7 Å². The highest BCUT2D eigenvalue weighted by Crippen LogP contribution is 2.19. The van der Waals surface area contributed by atoms with Gasteiger partial charge in [-0.25, -0.2) is 0 Å². The molecule has 0 radical (unpaired) electrons. The second kappa shape index (κ2) is 5.44. The molecule has 2 heterocycles. The van der Waals surface area contributed by atoms with E-state index in [1.165, 1.54) is 5.49 Å². The Balaban J connectivity index is 2.16. The molecular formula is C10H8Cl2N4S. The Morgan fingerprint density at radius 1 is 1.47 bits per heavy atom. The van der Waals surface area contributed by atoms with Gasteiger partial charge in [-0.05, 0) is 6.07 Å². The zero-order chi connectivity index (χ0) is 12.3. The second-order valence-electron chi connectivity index (χ2n) is 3.24. The van der Waals surface area contributed by atoms with Crippen molar-refractivity contribution in [2.24, 2.45) is 0 Å². The van der Waals surface area contributed by atoms with Crippen LogP contribution in [0.25, 0.3) is 0 Å². The number of hydrogen-bond donors (Lipinski definition) is 1. The number of nitrogens with one attached hydrogen (secondary N) is 1. The van der Waals surface area contributed by atoms with Crippen molar-refractivity contribution in [3.8, 4) is 0 Å². The molecule has 2 rings (SSSR count). The van der Waals surface area contributed by atoms with Gasteiger partial charge in [0, 0.05) is 18.5 Å². The second-order valence-corrected chi connectivity index (χ2v) is 4.32. The van der Waals surface area contributed by atoms with Gasteiger partial charge in [-0.15, -0.1) is 0 Å². The minimum Gasteiger partial charge on any atom is -0.336 e. The Labute approximate surface area is 114 Å². The molecule has 0 bridgehead atoms. The van der Waals surface area contributed by atoms with Gasteiger partial charge in [0.15, 0.2) is 5.82 Å². The molecule has 7 heteroatoms. The minimum atomic E-state index is 0.481. The molecule has 0 fully saturated rings. The monoisotopic (exact) mass is 286 g/mol. The van der Waals surface area contributed by atoms with Crippen molar-refractivity contribution in [1.29, 1.82) is 0 Å². The van der Waals surface area contributed by atoms with E-state index < -0.39 is 0 Å². The van der Waals surface area contributed by atoms with Crippen molar-refractivity contribution in [3.05, 3.63) is 40.3 Å². The summed E-state index contributed by atoms with van der Waals surface area (Å²) < 4.78 is 1.71. The molecule has 0 unspecified atom stereocenters. The molecule has 0 saturated carbocycles. The molecule has 2 aromatic heterocycles. The topological polar surface area (TPSA) is 42.7 Å². The van der Waals surface area contributed by atoms with Crippen LogP contribution in [0.5, 0.6) is 0 Å². The molecule has 88 valence electrons. The summed E-state index contributed by atoms with van der Waals surface area (Å²) in [5.41, 5.74) is 2.12. The van der Waals surface area contributed by atoms with Crippen LogP contribution >= 0.6 is 35.4 Å². The van der Waals surface area contributed by atoms with E-state index in [-0.39, 0.29) is 0 Å². The molecule has 0 saturated heterocycles. The molecule has 0 aromatic carbocycles. The standard InChI is InChI=1S/C10H8Cl2N4S/c11-7-3-8(12)9(13-4-7)5-16-2-1-10(15-16)14-6-17/h1-4,6H,5H2,(H,14,15,17). The molecule has 4 nitrogen and oxygen atoms in total. The molecule has 0 amide bonds. The van der Waals surface area contributed by atoms with Crippen LogP contribution in [0.4, 0.5) is 5.82 Å². The van der Waals surface area contributed by atoms with Gasteiger partial charge in [0.2, 0.25) is 0 Å². The van der Waals surface area contributed by atoms with Crippen LogP contribution in [0.2, 0.25) is 10.0 Å². The van der Waals surface area contributed by atoms with E-state index in [2.05, 4.69) is 27.6 Å². The normalized spacial score (nSPS) is 10.2. The van der Waals surface area contributed by atoms with Gasteiger partial charge in [0.25, 0.3) is 0 Å². The number of anilines is 1. The maximum Gasteiger partial charge on any atom is 0.152 e. The molecule has 2 aromatic rings. The fourth-order valence-electron chi connectivity index (χ4n) is 1.30. The third-order valence-corrected chi connectivity index (χ3v) is 2.70. The average molecular weight is 287 g/mol. The smallest absolute Gasteiger partial charge is 0.152 e. The van der Waals surface area contributed by atoms with Crippen LogP contribution in [-0.4, -0.2) is 20.3 Å². The Kier molecular flexibility index (Phi) is 3.93.